The van der Waals surface area contributed by atoms with Gasteiger partial charge in [-0.05, 0) is 37.5 Å². The fraction of sp³-hybridized carbons (Fsp3) is 0.412. The number of carbonyl (C=O) groups is 2. The average molecular weight is 285 g/mol. The fourth-order valence-electron chi connectivity index (χ4n) is 3.18. The average Bonchev–Trinajstić information content (AvgIpc) is 2.47. The third-order valence-corrected chi connectivity index (χ3v) is 4.06. The maximum absolute atomic E-state index is 12.3. The van der Waals surface area contributed by atoms with Gasteiger partial charge in [0.25, 0.3) is 0 Å². The van der Waals surface area contributed by atoms with Crippen molar-refractivity contribution in [3.8, 4) is 5.75 Å². The molecule has 0 saturated carbocycles. The number of ketones is 1. The van der Waals surface area contributed by atoms with Crippen molar-refractivity contribution in [2.45, 2.75) is 38.5 Å². The summed E-state index contributed by atoms with van der Waals surface area (Å²) in [5.41, 5.74) is 2.61. The Hall–Kier alpha value is -2.10. The van der Waals surface area contributed by atoms with E-state index in [9.17, 15) is 9.59 Å². The minimum Gasteiger partial charge on any atom is -0.494 e. The van der Waals surface area contributed by atoms with Crippen molar-refractivity contribution in [3.63, 3.8) is 0 Å². The van der Waals surface area contributed by atoms with Gasteiger partial charge in [0.2, 0.25) is 5.91 Å². The molecule has 1 heterocycles. The van der Waals surface area contributed by atoms with E-state index in [1.54, 1.807) is 0 Å². The van der Waals surface area contributed by atoms with Crippen molar-refractivity contribution >= 4 is 11.7 Å². The minimum absolute atomic E-state index is 0.00439. The molecule has 1 amide bonds. The van der Waals surface area contributed by atoms with Crippen LogP contribution in [0.25, 0.3) is 0 Å². The number of allylic oxidation sites excluding steroid dienone is 2. The summed E-state index contributed by atoms with van der Waals surface area (Å²) in [5, 5.41) is 2.88. The van der Waals surface area contributed by atoms with Crippen molar-refractivity contribution in [3.05, 3.63) is 41.1 Å². The Morgan fingerprint density at radius 3 is 2.95 bits per heavy atom. The molecule has 1 aromatic rings. The van der Waals surface area contributed by atoms with E-state index in [2.05, 4.69) is 5.32 Å². The molecule has 3 rings (SSSR count). The van der Waals surface area contributed by atoms with Crippen LogP contribution in [0, 0.1) is 0 Å². The van der Waals surface area contributed by atoms with Crippen molar-refractivity contribution in [1.82, 2.24) is 5.32 Å². The second-order valence-electron chi connectivity index (χ2n) is 5.48. The van der Waals surface area contributed by atoms with Gasteiger partial charge in [0.05, 0.1) is 6.61 Å². The summed E-state index contributed by atoms with van der Waals surface area (Å²) in [6.07, 6.45) is 2.52. The molecule has 110 valence electrons. The lowest BCUT2D eigenvalue weighted by Crippen LogP contribution is -2.36. The molecule has 0 fully saturated rings. The fourth-order valence-corrected chi connectivity index (χ4v) is 3.18. The number of carbonyl (C=O) groups excluding carboxylic acids is 2. The third-order valence-electron chi connectivity index (χ3n) is 4.06. The van der Waals surface area contributed by atoms with E-state index in [0.717, 1.165) is 35.4 Å². The smallest absolute Gasteiger partial charge is 0.225 e. The highest BCUT2D eigenvalue weighted by Gasteiger charge is 2.34. The number of rotatable bonds is 3. The monoisotopic (exact) mass is 285 g/mol. The molecule has 21 heavy (non-hydrogen) atoms. The van der Waals surface area contributed by atoms with E-state index >= 15 is 0 Å². The second kappa shape index (κ2) is 5.72. The molecule has 0 saturated heterocycles. The zero-order valence-electron chi connectivity index (χ0n) is 12.1. The molecule has 4 nitrogen and oxygen atoms in total. The van der Waals surface area contributed by atoms with Gasteiger partial charge in [0.1, 0.15) is 5.75 Å². The van der Waals surface area contributed by atoms with Gasteiger partial charge in [0, 0.05) is 30.0 Å². The molecule has 4 heteroatoms. The molecule has 1 unspecified atom stereocenters. The predicted molar refractivity (Wildman–Crippen MR) is 79.0 cm³/mol. The number of hydrogen-bond acceptors (Lipinski definition) is 3. The molecule has 1 atom stereocenters. The molecule has 1 aromatic carbocycles. The Morgan fingerprint density at radius 1 is 1.29 bits per heavy atom. The van der Waals surface area contributed by atoms with Crippen LogP contribution in [0.4, 0.5) is 0 Å². The molecule has 0 spiro atoms. The summed E-state index contributed by atoms with van der Waals surface area (Å²) in [5.74, 6) is 0.812. The third kappa shape index (κ3) is 2.71. The van der Waals surface area contributed by atoms with Gasteiger partial charge in [0.15, 0.2) is 5.78 Å². The quantitative estimate of drug-likeness (QED) is 0.929. The summed E-state index contributed by atoms with van der Waals surface area (Å²) in [6.45, 7) is 2.54. The van der Waals surface area contributed by atoms with Gasteiger partial charge in [-0.25, -0.2) is 0 Å². The highest BCUT2D eigenvalue weighted by molar-refractivity contribution is 6.01. The van der Waals surface area contributed by atoms with Crippen LogP contribution in [0.15, 0.2) is 35.5 Å². The largest absolute Gasteiger partial charge is 0.494 e. The van der Waals surface area contributed by atoms with Crippen LogP contribution in [0.2, 0.25) is 0 Å². The summed E-state index contributed by atoms with van der Waals surface area (Å²) in [6, 6.07) is 7.73. The SMILES string of the molecule is CCOc1cccc(C2CC(=O)NC3=C2C(=O)CCC3)c1. The van der Waals surface area contributed by atoms with Gasteiger partial charge >= 0.3 is 0 Å². The van der Waals surface area contributed by atoms with Crippen molar-refractivity contribution in [2.75, 3.05) is 6.61 Å². The molecule has 0 bridgehead atoms. The van der Waals surface area contributed by atoms with Gasteiger partial charge in [-0.15, -0.1) is 0 Å². The van der Waals surface area contributed by atoms with Crippen molar-refractivity contribution < 1.29 is 14.3 Å². The summed E-state index contributed by atoms with van der Waals surface area (Å²) < 4.78 is 5.53. The first kappa shape index (κ1) is 13.9. The summed E-state index contributed by atoms with van der Waals surface area (Å²) >= 11 is 0. The van der Waals surface area contributed by atoms with Crippen LogP contribution in [-0.4, -0.2) is 18.3 Å². The molecule has 0 radical (unpaired) electrons. The Kier molecular flexibility index (Phi) is 3.78. The van der Waals surface area contributed by atoms with E-state index in [1.807, 2.05) is 31.2 Å². The topological polar surface area (TPSA) is 55.4 Å². The number of hydrogen-bond donors (Lipinski definition) is 1. The first-order valence-electron chi connectivity index (χ1n) is 7.48. The van der Waals surface area contributed by atoms with Crippen LogP contribution in [0.3, 0.4) is 0 Å². The number of ether oxygens (including phenoxy) is 1. The molecule has 0 aromatic heterocycles. The highest BCUT2D eigenvalue weighted by atomic mass is 16.5. The van der Waals surface area contributed by atoms with Gasteiger partial charge < -0.3 is 10.1 Å². The number of nitrogens with one attached hydrogen (secondary N) is 1. The van der Waals surface area contributed by atoms with Gasteiger partial charge in [-0.1, -0.05) is 12.1 Å². The molecule has 1 aliphatic carbocycles. The molecule has 1 N–H and O–H groups in total. The summed E-state index contributed by atoms with van der Waals surface area (Å²) in [7, 11) is 0. The summed E-state index contributed by atoms with van der Waals surface area (Å²) in [4.78, 5) is 24.2. The Labute approximate surface area is 124 Å². The predicted octanol–water partition coefficient (Wildman–Crippen LogP) is 2.70. The van der Waals surface area contributed by atoms with Gasteiger partial charge in [-0.3, -0.25) is 9.59 Å². The standard InChI is InChI=1S/C17H19NO3/c1-2-21-12-6-3-5-11(9-12)13-10-16(20)18-14-7-4-8-15(19)17(13)14/h3,5-6,9,13H,2,4,7-8,10H2,1H3,(H,18,20). The minimum atomic E-state index is -0.137. The Balaban J connectivity index is 2.01. The lowest BCUT2D eigenvalue weighted by Gasteiger charge is -2.31. The molecule has 1 aliphatic heterocycles. The lowest BCUT2D eigenvalue weighted by molar-refractivity contribution is -0.122. The van der Waals surface area contributed by atoms with Crippen LogP contribution < -0.4 is 10.1 Å². The normalized spacial score (nSPS) is 21.9. The Bertz CT molecular complexity index is 618. The van der Waals surface area contributed by atoms with E-state index in [1.165, 1.54) is 0 Å². The number of Topliss-reactive ketones (excluding diaryl/α,β-unsaturated/α-hetero) is 1. The van der Waals surface area contributed by atoms with Crippen LogP contribution in [-0.2, 0) is 9.59 Å². The first-order valence-corrected chi connectivity index (χ1v) is 7.48. The Morgan fingerprint density at radius 2 is 2.14 bits per heavy atom. The highest BCUT2D eigenvalue weighted by Crippen LogP contribution is 2.38. The van der Waals surface area contributed by atoms with Crippen LogP contribution in [0.1, 0.15) is 44.1 Å². The zero-order valence-corrected chi connectivity index (χ0v) is 12.1. The van der Waals surface area contributed by atoms with E-state index in [0.29, 0.717) is 19.4 Å². The van der Waals surface area contributed by atoms with Gasteiger partial charge in [-0.2, -0.15) is 0 Å². The number of amides is 1. The van der Waals surface area contributed by atoms with Crippen LogP contribution in [0.5, 0.6) is 5.75 Å². The second-order valence-corrected chi connectivity index (χ2v) is 5.48. The number of benzene rings is 1. The van der Waals surface area contributed by atoms with E-state index in [4.69, 9.17) is 4.74 Å². The maximum Gasteiger partial charge on any atom is 0.225 e. The van der Waals surface area contributed by atoms with E-state index in [-0.39, 0.29) is 17.6 Å². The van der Waals surface area contributed by atoms with E-state index < -0.39 is 0 Å². The van der Waals surface area contributed by atoms with Crippen LogP contribution >= 0.6 is 0 Å². The van der Waals surface area contributed by atoms with Crippen molar-refractivity contribution in [1.29, 1.82) is 0 Å². The zero-order chi connectivity index (χ0) is 14.8. The maximum atomic E-state index is 12.3. The molecular formula is C17H19NO3. The molecular weight excluding hydrogens is 266 g/mol. The first-order chi connectivity index (χ1) is 10.2. The van der Waals surface area contributed by atoms with Crippen molar-refractivity contribution in [2.24, 2.45) is 0 Å². The molecule has 2 aliphatic rings. The lowest BCUT2D eigenvalue weighted by atomic mass is 9.78.